The SMILES string of the molecule is CNS(=O)(=O)c1cc2c(cc1N1CCOCC1)C(C)(C)c1[nH]c3cc(C#N)ccc3c1C2=O. The zero-order valence-corrected chi connectivity index (χ0v) is 19.5. The molecule has 1 fully saturated rings. The Kier molecular flexibility index (Phi) is 4.86. The van der Waals surface area contributed by atoms with Gasteiger partial charge in [0.1, 0.15) is 4.90 Å². The molecule has 2 heterocycles. The molecule has 0 amide bonds. The summed E-state index contributed by atoms with van der Waals surface area (Å²) in [5.41, 5.74) is 3.63. The van der Waals surface area contributed by atoms with E-state index in [1.807, 2.05) is 24.8 Å². The number of rotatable bonds is 3. The normalized spacial score (nSPS) is 17.5. The molecule has 1 aliphatic carbocycles. The van der Waals surface area contributed by atoms with E-state index in [2.05, 4.69) is 15.8 Å². The molecule has 0 bridgehead atoms. The number of nitriles is 1. The highest BCUT2D eigenvalue weighted by atomic mass is 32.2. The highest BCUT2D eigenvalue weighted by molar-refractivity contribution is 7.89. The second-order valence-corrected chi connectivity index (χ2v) is 10.7. The summed E-state index contributed by atoms with van der Waals surface area (Å²) >= 11 is 0. The van der Waals surface area contributed by atoms with E-state index < -0.39 is 15.4 Å². The lowest BCUT2D eigenvalue weighted by atomic mass is 9.71. The van der Waals surface area contributed by atoms with Gasteiger partial charge in [-0.05, 0) is 36.9 Å². The summed E-state index contributed by atoms with van der Waals surface area (Å²) in [4.78, 5) is 19.2. The van der Waals surface area contributed by atoms with E-state index >= 15 is 0 Å². The number of carbonyl (C=O) groups is 1. The fourth-order valence-corrected chi connectivity index (χ4v) is 5.85. The first kappa shape index (κ1) is 21.6. The maximum absolute atomic E-state index is 13.7. The van der Waals surface area contributed by atoms with Crippen LogP contribution in [0.5, 0.6) is 0 Å². The van der Waals surface area contributed by atoms with Crippen molar-refractivity contribution >= 4 is 32.4 Å². The molecule has 0 atom stereocenters. The number of nitrogens with one attached hydrogen (secondary N) is 2. The van der Waals surface area contributed by atoms with Crippen LogP contribution in [-0.4, -0.2) is 52.5 Å². The molecule has 9 heteroatoms. The van der Waals surface area contributed by atoms with Crippen LogP contribution in [-0.2, 0) is 20.2 Å². The molecule has 3 aromatic rings. The number of nitrogens with zero attached hydrogens (tertiary/aromatic N) is 2. The summed E-state index contributed by atoms with van der Waals surface area (Å²) in [7, 11) is -2.45. The first-order chi connectivity index (χ1) is 15.7. The Hall–Kier alpha value is -3.19. The van der Waals surface area contributed by atoms with Crippen molar-refractivity contribution in [2.24, 2.45) is 0 Å². The topological polar surface area (TPSA) is 115 Å². The molecule has 0 saturated carbocycles. The third kappa shape index (κ3) is 3.17. The van der Waals surface area contributed by atoms with Gasteiger partial charge in [0.25, 0.3) is 0 Å². The smallest absolute Gasteiger partial charge is 0.242 e. The Morgan fingerprint density at radius 2 is 1.91 bits per heavy atom. The Morgan fingerprint density at radius 3 is 2.58 bits per heavy atom. The molecule has 1 aromatic heterocycles. The molecule has 0 spiro atoms. The maximum Gasteiger partial charge on any atom is 0.242 e. The molecule has 2 N–H and O–H groups in total. The zero-order chi connectivity index (χ0) is 23.5. The van der Waals surface area contributed by atoms with Crippen LogP contribution >= 0.6 is 0 Å². The van der Waals surface area contributed by atoms with Crippen LogP contribution in [0.2, 0.25) is 0 Å². The van der Waals surface area contributed by atoms with Crippen LogP contribution in [0.3, 0.4) is 0 Å². The number of anilines is 1. The summed E-state index contributed by atoms with van der Waals surface area (Å²) in [6.07, 6.45) is 0. The summed E-state index contributed by atoms with van der Waals surface area (Å²) < 4.78 is 33.8. The number of H-pyrrole nitrogens is 1. The highest BCUT2D eigenvalue weighted by Gasteiger charge is 2.41. The number of morpholine rings is 1. The summed E-state index contributed by atoms with van der Waals surface area (Å²) in [6, 6.07) is 10.7. The molecule has 0 radical (unpaired) electrons. The first-order valence-electron chi connectivity index (χ1n) is 10.7. The number of hydrogen-bond donors (Lipinski definition) is 2. The Labute approximate surface area is 192 Å². The van der Waals surface area contributed by atoms with E-state index in [-0.39, 0.29) is 10.7 Å². The van der Waals surface area contributed by atoms with Crippen LogP contribution in [0.15, 0.2) is 35.2 Å². The lowest BCUT2D eigenvalue weighted by Gasteiger charge is -2.36. The monoisotopic (exact) mass is 464 g/mol. The van der Waals surface area contributed by atoms with Crippen molar-refractivity contribution in [3.05, 3.63) is 58.3 Å². The predicted octanol–water partition coefficient (Wildman–Crippen LogP) is 2.65. The highest BCUT2D eigenvalue weighted by Crippen LogP contribution is 2.46. The molecule has 1 saturated heterocycles. The minimum absolute atomic E-state index is 0.0878. The van der Waals surface area contributed by atoms with Gasteiger partial charge in [-0.2, -0.15) is 5.26 Å². The van der Waals surface area contributed by atoms with Crippen molar-refractivity contribution in [2.45, 2.75) is 24.2 Å². The van der Waals surface area contributed by atoms with Gasteiger partial charge in [-0.1, -0.05) is 19.9 Å². The number of sulfonamides is 1. The van der Waals surface area contributed by atoms with Gasteiger partial charge < -0.3 is 14.6 Å². The molecule has 2 aromatic carbocycles. The molecule has 5 rings (SSSR count). The predicted molar refractivity (Wildman–Crippen MR) is 124 cm³/mol. The largest absolute Gasteiger partial charge is 0.378 e. The number of hydrogen-bond acceptors (Lipinski definition) is 6. The van der Waals surface area contributed by atoms with Gasteiger partial charge in [-0.25, -0.2) is 13.1 Å². The van der Waals surface area contributed by atoms with Crippen LogP contribution in [0, 0.1) is 11.3 Å². The molecule has 170 valence electrons. The molecule has 0 unspecified atom stereocenters. The quantitative estimate of drug-likeness (QED) is 0.616. The van der Waals surface area contributed by atoms with Crippen molar-refractivity contribution in [1.82, 2.24) is 9.71 Å². The van der Waals surface area contributed by atoms with Gasteiger partial charge in [0, 0.05) is 40.7 Å². The lowest BCUT2D eigenvalue weighted by Crippen LogP contribution is -2.39. The average Bonchev–Trinajstić information content (AvgIpc) is 3.22. The Bertz CT molecular complexity index is 1460. The Morgan fingerprint density at radius 1 is 1.18 bits per heavy atom. The van der Waals surface area contributed by atoms with Crippen molar-refractivity contribution in [3.8, 4) is 6.07 Å². The molecule has 33 heavy (non-hydrogen) atoms. The van der Waals surface area contributed by atoms with Gasteiger partial charge in [0.2, 0.25) is 10.0 Å². The van der Waals surface area contributed by atoms with Crippen molar-refractivity contribution in [2.75, 3.05) is 38.3 Å². The minimum atomic E-state index is -3.82. The van der Waals surface area contributed by atoms with Gasteiger partial charge in [0.15, 0.2) is 5.78 Å². The number of ether oxygens (including phenoxy) is 1. The number of ketones is 1. The van der Waals surface area contributed by atoms with Crippen LogP contribution in [0.1, 0.15) is 46.6 Å². The number of fused-ring (bicyclic) bond motifs is 4. The van der Waals surface area contributed by atoms with Gasteiger partial charge in [-0.15, -0.1) is 0 Å². The fraction of sp³-hybridized carbons (Fsp3) is 0.333. The molecule has 8 nitrogen and oxygen atoms in total. The van der Waals surface area contributed by atoms with Crippen LogP contribution in [0.25, 0.3) is 10.9 Å². The van der Waals surface area contributed by atoms with Crippen LogP contribution < -0.4 is 9.62 Å². The third-order valence-electron chi connectivity index (χ3n) is 6.71. The maximum atomic E-state index is 13.7. The van der Waals surface area contributed by atoms with Gasteiger partial charge in [0.05, 0.1) is 36.1 Å². The number of carbonyl (C=O) groups excluding carboxylic acids is 1. The van der Waals surface area contributed by atoms with Gasteiger partial charge in [-0.3, -0.25) is 4.79 Å². The van der Waals surface area contributed by atoms with Crippen molar-refractivity contribution in [1.29, 1.82) is 5.26 Å². The van der Waals surface area contributed by atoms with E-state index in [1.165, 1.54) is 13.1 Å². The van der Waals surface area contributed by atoms with Crippen molar-refractivity contribution < 1.29 is 17.9 Å². The molecular weight excluding hydrogens is 440 g/mol. The summed E-state index contributed by atoms with van der Waals surface area (Å²) in [5.74, 6) is -0.226. The summed E-state index contributed by atoms with van der Waals surface area (Å²) in [5, 5.41) is 10.00. The molecule has 1 aliphatic heterocycles. The summed E-state index contributed by atoms with van der Waals surface area (Å²) in [6.45, 7) is 6.18. The third-order valence-corrected chi connectivity index (χ3v) is 8.15. The van der Waals surface area contributed by atoms with Crippen LogP contribution in [0.4, 0.5) is 5.69 Å². The molecular formula is C24H24N4O4S. The van der Waals surface area contributed by atoms with E-state index in [0.717, 1.165) is 16.6 Å². The minimum Gasteiger partial charge on any atom is -0.378 e. The zero-order valence-electron chi connectivity index (χ0n) is 18.7. The standard InChI is InChI=1S/C24H24N4O4S/c1-24(2)17-12-19(28-6-8-32-9-7-28)20(33(30,31)26-3)11-16(17)22(29)21-15-5-4-14(13-25)10-18(15)27-23(21)24/h4-5,10-12,26-27H,6-9H2,1-3H3. The number of aromatic nitrogens is 1. The second-order valence-electron chi connectivity index (χ2n) is 8.87. The average molecular weight is 465 g/mol. The fourth-order valence-electron chi connectivity index (χ4n) is 4.89. The Balaban J connectivity index is 1.79. The first-order valence-corrected chi connectivity index (χ1v) is 12.2. The van der Waals surface area contributed by atoms with Gasteiger partial charge >= 0.3 is 0 Å². The van der Waals surface area contributed by atoms with E-state index in [4.69, 9.17) is 4.74 Å². The van der Waals surface area contributed by atoms with E-state index in [0.29, 0.717) is 54.2 Å². The number of aromatic amines is 1. The lowest BCUT2D eigenvalue weighted by molar-refractivity contribution is 0.103. The van der Waals surface area contributed by atoms with E-state index in [9.17, 15) is 18.5 Å². The van der Waals surface area contributed by atoms with Crippen molar-refractivity contribution in [3.63, 3.8) is 0 Å². The second kappa shape index (κ2) is 7.42. The van der Waals surface area contributed by atoms with E-state index in [1.54, 1.807) is 18.2 Å². The number of benzene rings is 2. The molecule has 2 aliphatic rings.